The van der Waals surface area contributed by atoms with Gasteiger partial charge in [-0.2, -0.15) is 0 Å². The molecule has 2 nitrogen and oxygen atoms in total. The minimum atomic E-state index is -2.48. The number of hydrogen-bond acceptors (Lipinski definition) is 2. The maximum atomic E-state index is 15.0. The molecule has 0 saturated heterocycles. The molecule has 6 aromatic carbocycles. The molecular formula is C47H44O2P2. The number of carbonyl (C=O) groups excluding carboxylic acids is 2. The predicted octanol–water partition coefficient (Wildman–Crippen LogP) is 7.77. The Balaban J connectivity index is 1.36. The number of benzene rings is 6. The van der Waals surface area contributed by atoms with E-state index in [0.717, 1.165) is 31.8 Å². The van der Waals surface area contributed by atoms with Crippen LogP contribution in [0.4, 0.5) is 0 Å². The number of ketones is 2. The summed E-state index contributed by atoms with van der Waals surface area (Å²) in [4.78, 5) is 29.9. The van der Waals surface area contributed by atoms with Crippen molar-refractivity contribution in [2.45, 2.75) is 26.7 Å². The van der Waals surface area contributed by atoms with Crippen molar-refractivity contribution < 1.29 is 9.59 Å². The predicted molar refractivity (Wildman–Crippen MR) is 222 cm³/mol. The van der Waals surface area contributed by atoms with Crippen molar-refractivity contribution in [3.05, 3.63) is 182 Å². The summed E-state index contributed by atoms with van der Waals surface area (Å²) in [6.07, 6.45) is 1.36. The average Bonchev–Trinajstić information content (AvgIpc) is 3.52. The van der Waals surface area contributed by atoms with E-state index in [1.54, 1.807) is 0 Å². The molecule has 0 aromatic heterocycles. The lowest BCUT2D eigenvalue weighted by molar-refractivity contribution is -0.122. The highest BCUT2D eigenvalue weighted by Crippen LogP contribution is 2.52. The van der Waals surface area contributed by atoms with E-state index >= 15 is 0 Å². The topological polar surface area (TPSA) is 34.1 Å². The van der Waals surface area contributed by atoms with Crippen LogP contribution in [0.15, 0.2) is 182 Å². The van der Waals surface area contributed by atoms with Gasteiger partial charge in [-0.15, -0.1) is 0 Å². The van der Waals surface area contributed by atoms with Crippen molar-refractivity contribution in [2.75, 3.05) is 0 Å². The molecule has 0 heterocycles. The van der Waals surface area contributed by atoms with Crippen LogP contribution in [0.3, 0.4) is 0 Å². The minimum Gasteiger partial charge on any atom is -0.294 e. The van der Waals surface area contributed by atoms with Crippen LogP contribution < -0.4 is 31.8 Å². The van der Waals surface area contributed by atoms with Crippen molar-refractivity contribution in [2.24, 2.45) is 17.3 Å². The summed E-state index contributed by atoms with van der Waals surface area (Å²) in [7, 11) is 0. The average molecular weight is 703 g/mol. The van der Waals surface area contributed by atoms with Gasteiger partial charge in [0, 0.05) is 11.8 Å². The third-order valence-electron chi connectivity index (χ3n) is 10.8. The molecule has 2 unspecified atom stereocenters. The first kappa shape index (κ1) is 34.7. The standard InChI is InChI=1S/C47H44O2P2/c1-47(2)43(45(48)35-50(37-21-9-3-10-22-37,38-23-11-4-12-24-38)39-25-13-5-14-26-39)33-34-44(47)46(49)36-51(40-27-15-6-16-28-40,41-29-17-7-18-30-41)42-31-19-8-20-32-42/h3-32,35-36,43-44H,33-34H2,1-2H3. The third-order valence-corrected chi connectivity index (χ3v) is 18.8. The van der Waals surface area contributed by atoms with Crippen LogP contribution in [-0.2, 0) is 9.59 Å². The second-order valence-electron chi connectivity index (χ2n) is 14.0. The first-order valence-electron chi connectivity index (χ1n) is 17.8. The largest absolute Gasteiger partial charge is 0.294 e. The van der Waals surface area contributed by atoms with Crippen molar-refractivity contribution >= 4 is 68.8 Å². The fourth-order valence-corrected chi connectivity index (χ4v) is 15.9. The molecule has 7 rings (SSSR count). The zero-order valence-corrected chi connectivity index (χ0v) is 31.0. The Labute approximate surface area is 303 Å². The van der Waals surface area contributed by atoms with Crippen LogP contribution in [0.1, 0.15) is 26.7 Å². The van der Waals surface area contributed by atoms with Gasteiger partial charge in [-0.05, 0) is 75.4 Å². The lowest BCUT2D eigenvalue weighted by Crippen LogP contribution is -2.38. The van der Waals surface area contributed by atoms with Gasteiger partial charge in [-0.25, -0.2) is 0 Å². The van der Waals surface area contributed by atoms with Gasteiger partial charge in [-0.3, -0.25) is 9.59 Å². The van der Waals surface area contributed by atoms with Gasteiger partial charge in [-0.1, -0.05) is 196 Å². The van der Waals surface area contributed by atoms with E-state index in [-0.39, 0.29) is 23.4 Å². The van der Waals surface area contributed by atoms with Crippen LogP contribution in [-0.4, -0.2) is 23.2 Å². The van der Waals surface area contributed by atoms with Crippen molar-refractivity contribution in [3.8, 4) is 0 Å². The minimum absolute atomic E-state index is 0.135. The quantitative estimate of drug-likeness (QED) is 0.137. The van der Waals surface area contributed by atoms with Gasteiger partial charge in [0.2, 0.25) is 0 Å². The molecule has 6 aromatic rings. The number of carbonyl (C=O) groups is 2. The smallest absolute Gasteiger partial charge is 0.160 e. The maximum Gasteiger partial charge on any atom is 0.160 e. The SMILES string of the molecule is CC1(C)C(C(=O)C=P(c2ccccc2)(c2ccccc2)c2ccccc2)CCC1C(=O)C=P(c1ccccc1)(c1ccccc1)c1ccccc1. The molecule has 0 spiro atoms. The van der Waals surface area contributed by atoms with Gasteiger partial charge < -0.3 is 0 Å². The van der Waals surface area contributed by atoms with Crippen LogP contribution in [0.25, 0.3) is 0 Å². The van der Waals surface area contributed by atoms with Gasteiger partial charge in [0.05, 0.1) is 0 Å². The molecule has 0 N–H and O–H groups in total. The third kappa shape index (κ3) is 6.49. The molecule has 1 saturated carbocycles. The molecular weight excluding hydrogens is 658 g/mol. The zero-order chi connectivity index (χ0) is 35.3. The lowest BCUT2D eigenvalue weighted by Gasteiger charge is -2.34. The molecule has 0 amide bonds. The van der Waals surface area contributed by atoms with Crippen LogP contribution in [0.2, 0.25) is 0 Å². The highest BCUT2D eigenvalue weighted by molar-refractivity contribution is 7.95. The Kier molecular flexibility index (Phi) is 10.1. The monoisotopic (exact) mass is 702 g/mol. The van der Waals surface area contributed by atoms with E-state index in [1.807, 2.05) is 36.4 Å². The molecule has 51 heavy (non-hydrogen) atoms. The Hall–Kier alpha value is -4.74. The number of Topliss-reactive ketones (excluding diaryl/α,β-unsaturated/α-hetero) is 2. The van der Waals surface area contributed by atoms with Gasteiger partial charge in [0.1, 0.15) is 0 Å². The Morgan fingerprint density at radius 1 is 0.412 bits per heavy atom. The van der Waals surface area contributed by atoms with E-state index in [9.17, 15) is 9.59 Å². The van der Waals surface area contributed by atoms with E-state index < -0.39 is 19.2 Å². The molecule has 2 atom stereocenters. The maximum absolute atomic E-state index is 15.0. The van der Waals surface area contributed by atoms with Gasteiger partial charge in [0.15, 0.2) is 11.6 Å². The summed E-state index contributed by atoms with van der Waals surface area (Å²) in [5.74, 6) is 3.85. The second-order valence-corrected chi connectivity index (χ2v) is 20.5. The van der Waals surface area contributed by atoms with Crippen LogP contribution >= 0.6 is 13.8 Å². The molecule has 0 bridgehead atoms. The van der Waals surface area contributed by atoms with Crippen LogP contribution in [0.5, 0.6) is 0 Å². The number of rotatable bonds is 10. The summed E-state index contributed by atoms with van der Waals surface area (Å²) in [5, 5.41) is 6.89. The molecule has 1 aliphatic carbocycles. The fraction of sp³-hybridized carbons (Fsp3) is 0.149. The van der Waals surface area contributed by atoms with Gasteiger partial charge >= 0.3 is 0 Å². The molecule has 254 valence electrons. The summed E-state index contributed by atoms with van der Waals surface area (Å²) in [5.41, 5.74) is -0.541. The highest BCUT2D eigenvalue weighted by Gasteiger charge is 2.49. The molecule has 4 heteroatoms. The summed E-state index contributed by atoms with van der Waals surface area (Å²) < 4.78 is 0. The molecule has 0 aliphatic heterocycles. The first-order chi connectivity index (χ1) is 24.9. The summed E-state index contributed by atoms with van der Waals surface area (Å²) in [6.45, 7) is -0.660. The summed E-state index contributed by atoms with van der Waals surface area (Å²) >= 11 is 0. The normalized spacial score (nSPS) is 17.0. The van der Waals surface area contributed by atoms with E-state index in [0.29, 0.717) is 12.8 Å². The first-order valence-corrected chi connectivity index (χ1v) is 21.5. The van der Waals surface area contributed by atoms with Crippen molar-refractivity contribution in [3.63, 3.8) is 0 Å². The fourth-order valence-electron chi connectivity index (χ4n) is 8.22. The Morgan fingerprint density at radius 3 is 0.804 bits per heavy atom. The van der Waals surface area contributed by atoms with E-state index in [1.165, 1.54) is 0 Å². The van der Waals surface area contributed by atoms with E-state index in [2.05, 4.69) is 171 Å². The Bertz CT molecular complexity index is 1840. The van der Waals surface area contributed by atoms with Crippen LogP contribution in [0, 0.1) is 17.3 Å². The molecule has 0 radical (unpaired) electrons. The second kappa shape index (κ2) is 14.9. The number of hydrogen-bond donors (Lipinski definition) is 0. The lowest BCUT2D eigenvalue weighted by atomic mass is 9.73. The van der Waals surface area contributed by atoms with Gasteiger partial charge in [0.25, 0.3) is 0 Å². The van der Waals surface area contributed by atoms with E-state index in [4.69, 9.17) is 0 Å². The van der Waals surface area contributed by atoms with Crippen molar-refractivity contribution in [1.82, 2.24) is 0 Å². The zero-order valence-electron chi connectivity index (χ0n) is 29.3. The Morgan fingerprint density at radius 2 is 0.608 bits per heavy atom. The molecule has 1 fully saturated rings. The van der Waals surface area contributed by atoms with Crippen molar-refractivity contribution in [1.29, 1.82) is 0 Å². The highest BCUT2D eigenvalue weighted by atomic mass is 31.2. The molecule has 1 aliphatic rings. The summed E-state index contributed by atoms with van der Waals surface area (Å²) in [6, 6.07) is 63.0.